The van der Waals surface area contributed by atoms with E-state index in [0.717, 1.165) is 16.7 Å². The summed E-state index contributed by atoms with van der Waals surface area (Å²) < 4.78 is 2.47. The zero-order chi connectivity index (χ0) is 13.2. The number of hydrogen-bond acceptors (Lipinski definition) is 2. The SMILES string of the molecule is Cc1ccc(NCc2csc3ccccc23)c(Br)c1. The summed E-state index contributed by atoms with van der Waals surface area (Å²) in [5.74, 6) is 0. The van der Waals surface area contributed by atoms with Crippen LogP contribution in [0.1, 0.15) is 11.1 Å². The molecule has 0 aliphatic rings. The molecule has 0 aliphatic carbocycles. The maximum absolute atomic E-state index is 3.60. The number of aryl methyl sites for hydroxylation is 1. The highest BCUT2D eigenvalue weighted by Crippen LogP contribution is 2.28. The molecule has 1 aromatic heterocycles. The number of anilines is 1. The van der Waals surface area contributed by atoms with Gasteiger partial charge >= 0.3 is 0 Å². The first-order chi connectivity index (χ1) is 9.24. The Hall–Kier alpha value is -1.32. The Labute approximate surface area is 125 Å². The molecule has 0 saturated carbocycles. The van der Waals surface area contributed by atoms with Gasteiger partial charge in [-0.25, -0.2) is 0 Å². The van der Waals surface area contributed by atoms with Crippen molar-refractivity contribution in [3.05, 3.63) is 63.4 Å². The first kappa shape index (κ1) is 12.7. The molecule has 3 rings (SSSR count). The number of halogens is 1. The molecule has 1 nitrogen and oxygen atoms in total. The second-order valence-corrected chi connectivity index (χ2v) is 6.36. The number of thiophene rings is 1. The Balaban J connectivity index is 1.82. The Bertz CT molecular complexity index is 718. The van der Waals surface area contributed by atoms with Crippen LogP contribution >= 0.6 is 27.3 Å². The number of hydrogen-bond donors (Lipinski definition) is 1. The van der Waals surface area contributed by atoms with Crippen molar-refractivity contribution in [2.24, 2.45) is 0 Å². The van der Waals surface area contributed by atoms with Crippen molar-refractivity contribution in [2.45, 2.75) is 13.5 Å². The molecule has 96 valence electrons. The highest BCUT2D eigenvalue weighted by atomic mass is 79.9. The summed E-state index contributed by atoms with van der Waals surface area (Å²) in [6, 6.07) is 14.9. The average molecular weight is 332 g/mol. The summed E-state index contributed by atoms with van der Waals surface area (Å²) in [4.78, 5) is 0. The van der Waals surface area contributed by atoms with Crippen molar-refractivity contribution in [3.8, 4) is 0 Å². The third-order valence-corrected chi connectivity index (χ3v) is 4.82. The normalized spacial score (nSPS) is 10.8. The van der Waals surface area contributed by atoms with Crippen molar-refractivity contribution >= 4 is 43.0 Å². The van der Waals surface area contributed by atoms with Crippen LogP contribution in [0.4, 0.5) is 5.69 Å². The van der Waals surface area contributed by atoms with Gasteiger partial charge in [-0.1, -0.05) is 24.3 Å². The van der Waals surface area contributed by atoms with Gasteiger partial charge < -0.3 is 5.32 Å². The van der Waals surface area contributed by atoms with E-state index in [-0.39, 0.29) is 0 Å². The molecule has 2 aromatic carbocycles. The minimum Gasteiger partial charge on any atom is -0.380 e. The Morgan fingerprint density at radius 3 is 2.84 bits per heavy atom. The summed E-state index contributed by atoms with van der Waals surface area (Å²) in [6.07, 6.45) is 0. The molecule has 1 heterocycles. The maximum atomic E-state index is 3.60. The van der Waals surface area contributed by atoms with Gasteiger partial charge in [0.1, 0.15) is 0 Å². The van der Waals surface area contributed by atoms with E-state index < -0.39 is 0 Å². The number of nitrogens with one attached hydrogen (secondary N) is 1. The van der Waals surface area contributed by atoms with Crippen LogP contribution in [0.5, 0.6) is 0 Å². The van der Waals surface area contributed by atoms with Crippen LogP contribution in [0, 0.1) is 6.92 Å². The molecule has 0 amide bonds. The van der Waals surface area contributed by atoms with Crippen molar-refractivity contribution in [3.63, 3.8) is 0 Å². The van der Waals surface area contributed by atoms with E-state index in [2.05, 4.69) is 76.0 Å². The zero-order valence-electron chi connectivity index (χ0n) is 10.6. The summed E-state index contributed by atoms with van der Waals surface area (Å²) in [7, 11) is 0. The van der Waals surface area contributed by atoms with E-state index in [1.165, 1.54) is 21.2 Å². The molecular formula is C16H14BrNS. The van der Waals surface area contributed by atoms with Gasteiger partial charge in [0, 0.05) is 21.4 Å². The van der Waals surface area contributed by atoms with Crippen LogP contribution in [0.2, 0.25) is 0 Å². The molecule has 0 fully saturated rings. The first-order valence-corrected chi connectivity index (χ1v) is 7.86. The van der Waals surface area contributed by atoms with Crippen LogP contribution in [0.25, 0.3) is 10.1 Å². The van der Waals surface area contributed by atoms with Gasteiger partial charge in [0.05, 0.1) is 0 Å². The van der Waals surface area contributed by atoms with Crippen LogP contribution in [-0.4, -0.2) is 0 Å². The van der Waals surface area contributed by atoms with Gasteiger partial charge in [-0.3, -0.25) is 0 Å². The highest BCUT2D eigenvalue weighted by Gasteiger charge is 2.04. The fraction of sp³-hybridized carbons (Fsp3) is 0.125. The van der Waals surface area contributed by atoms with Gasteiger partial charge in [-0.15, -0.1) is 11.3 Å². The largest absolute Gasteiger partial charge is 0.380 e. The second kappa shape index (κ2) is 5.35. The van der Waals surface area contributed by atoms with Crippen molar-refractivity contribution in [1.29, 1.82) is 0 Å². The van der Waals surface area contributed by atoms with Gasteiger partial charge in [0.25, 0.3) is 0 Å². The lowest BCUT2D eigenvalue weighted by Gasteiger charge is -2.08. The summed E-state index contributed by atoms with van der Waals surface area (Å²) in [5, 5.41) is 7.08. The monoisotopic (exact) mass is 331 g/mol. The third kappa shape index (κ3) is 2.67. The molecule has 0 bridgehead atoms. The first-order valence-electron chi connectivity index (χ1n) is 6.19. The van der Waals surface area contributed by atoms with E-state index in [1.807, 2.05) is 0 Å². The summed E-state index contributed by atoms with van der Waals surface area (Å²) in [6.45, 7) is 2.95. The smallest absolute Gasteiger partial charge is 0.0487 e. The minimum atomic E-state index is 0.853. The van der Waals surface area contributed by atoms with Crippen LogP contribution in [0.3, 0.4) is 0 Å². The van der Waals surface area contributed by atoms with Crippen molar-refractivity contribution in [2.75, 3.05) is 5.32 Å². The molecule has 1 N–H and O–H groups in total. The van der Waals surface area contributed by atoms with Crippen LogP contribution in [0.15, 0.2) is 52.3 Å². The molecule has 0 spiro atoms. The van der Waals surface area contributed by atoms with Crippen LogP contribution in [-0.2, 0) is 6.54 Å². The Morgan fingerprint density at radius 1 is 1.16 bits per heavy atom. The molecular weight excluding hydrogens is 318 g/mol. The van der Waals surface area contributed by atoms with E-state index in [9.17, 15) is 0 Å². The predicted octanol–water partition coefficient (Wildman–Crippen LogP) is 5.58. The standard InChI is InChI=1S/C16H14BrNS/c1-11-6-7-15(14(17)8-11)18-9-12-10-19-16-5-3-2-4-13(12)16/h2-8,10,18H,9H2,1H3. The second-order valence-electron chi connectivity index (χ2n) is 4.59. The topological polar surface area (TPSA) is 12.0 Å². The lowest BCUT2D eigenvalue weighted by atomic mass is 10.1. The van der Waals surface area contributed by atoms with E-state index in [4.69, 9.17) is 0 Å². The van der Waals surface area contributed by atoms with Crippen molar-refractivity contribution in [1.82, 2.24) is 0 Å². The fourth-order valence-corrected chi connectivity index (χ4v) is 3.72. The predicted molar refractivity (Wildman–Crippen MR) is 88.0 cm³/mol. The Morgan fingerprint density at radius 2 is 2.00 bits per heavy atom. The lowest BCUT2D eigenvalue weighted by molar-refractivity contribution is 1.17. The molecule has 0 unspecified atom stereocenters. The summed E-state index contributed by atoms with van der Waals surface area (Å²) in [5.41, 5.74) is 3.76. The molecule has 0 atom stereocenters. The van der Waals surface area contributed by atoms with E-state index in [0.29, 0.717) is 0 Å². The van der Waals surface area contributed by atoms with Gasteiger partial charge in [-0.2, -0.15) is 0 Å². The molecule has 3 aromatic rings. The zero-order valence-corrected chi connectivity index (χ0v) is 13.0. The quantitative estimate of drug-likeness (QED) is 0.660. The number of fused-ring (bicyclic) bond motifs is 1. The number of benzene rings is 2. The average Bonchev–Trinajstić information content (AvgIpc) is 2.81. The van der Waals surface area contributed by atoms with Gasteiger partial charge in [0.2, 0.25) is 0 Å². The minimum absolute atomic E-state index is 0.853. The van der Waals surface area contributed by atoms with Gasteiger partial charge in [0.15, 0.2) is 0 Å². The van der Waals surface area contributed by atoms with Gasteiger partial charge in [-0.05, 0) is 62.9 Å². The van der Waals surface area contributed by atoms with Crippen LogP contribution < -0.4 is 5.32 Å². The molecule has 0 aliphatic heterocycles. The third-order valence-electron chi connectivity index (χ3n) is 3.16. The number of rotatable bonds is 3. The van der Waals surface area contributed by atoms with Crippen molar-refractivity contribution < 1.29 is 0 Å². The molecule has 0 saturated heterocycles. The lowest BCUT2D eigenvalue weighted by Crippen LogP contribution is -1.99. The molecule has 3 heteroatoms. The van der Waals surface area contributed by atoms with E-state index in [1.54, 1.807) is 11.3 Å². The molecule has 0 radical (unpaired) electrons. The van der Waals surface area contributed by atoms with E-state index >= 15 is 0 Å². The summed E-state index contributed by atoms with van der Waals surface area (Å²) >= 11 is 5.41. The fourth-order valence-electron chi connectivity index (χ4n) is 2.12. The Kier molecular flexibility index (Phi) is 3.58. The highest BCUT2D eigenvalue weighted by molar-refractivity contribution is 9.10. The maximum Gasteiger partial charge on any atom is 0.0487 e. The molecule has 19 heavy (non-hydrogen) atoms.